The predicted molar refractivity (Wildman–Crippen MR) is 95.0 cm³/mol. The van der Waals surface area contributed by atoms with Crippen LogP contribution < -0.4 is 0 Å². The lowest BCUT2D eigenvalue weighted by Crippen LogP contribution is -2.54. The van der Waals surface area contributed by atoms with E-state index in [0.29, 0.717) is 12.1 Å². The maximum atomic E-state index is 13.4. The average Bonchev–Trinajstić information content (AvgIpc) is 2.98. The normalized spacial score (nSPS) is 23.1. The highest BCUT2D eigenvalue weighted by Gasteiger charge is 2.40. The van der Waals surface area contributed by atoms with Crippen molar-refractivity contribution in [2.75, 3.05) is 39.8 Å². The van der Waals surface area contributed by atoms with Gasteiger partial charge in [0.25, 0.3) is 0 Å². The molecule has 3 rings (SSSR count). The summed E-state index contributed by atoms with van der Waals surface area (Å²) in [6, 6.07) is 0.466. The van der Waals surface area contributed by atoms with E-state index in [1.54, 1.807) is 0 Å². The third kappa shape index (κ3) is 3.09. The number of carbonyl (C=O) groups excluding carboxylic acids is 1. The molecule has 1 fully saturated rings. The number of hydrogen-bond acceptors (Lipinski definition) is 4. The first-order valence-corrected chi connectivity index (χ1v) is 9.18. The van der Waals surface area contributed by atoms with Gasteiger partial charge in [0.1, 0.15) is 6.04 Å². The number of imidazole rings is 1. The van der Waals surface area contributed by atoms with Crippen LogP contribution in [0.15, 0.2) is 6.33 Å². The first-order chi connectivity index (χ1) is 11.4. The van der Waals surface area contributed by atoms with Crippen molar-refractivity contribution in [2.24, 2.45) is 0 Å². The van der Waals surface area contributed by atoms with E-state index < -0.39 is 0 Å². The van der Waals surface area contributed by atoms with Crippen molar-refractivity contribution < 1.29 is 4.79 Å². The largest absolute Gasteiger partial charge is 0.338 e. The Kier molecular flexibility index (Phi) is 4.97. The van der Waals surface area contributed by atoms with Gasteiger partial charge in [-0.2, -0.15) is 0 Å². The van der Waals surface area contributed by atoms with Gasteiger partial charge in [-0.05, 0) is 34.7 Å². The summed E-state index contributed by atoms with van der Waals surface area (Å²) in [7, 11) is 2.12. The lowest BCUT2D eigenvalue weighted by atomic mass is 9.98. The van der Waals surface area contributed by atoms with Gasteiger partial charge in [-0.1, -0.05) is 0 Å². The summed E-state index contributed by atoms with van der Waals surface area (Å²) in [5.41, 5.74) is 2.22. The van der Waals surface area contributed by atoms with Crippen LogP contribution in [-0.4, -0.2) is 76.0 Å². The first-order valence-electron chi connectivity index (χ1n) is 9.18. The summed E-state index contributed by atoms with van der Waals surface area (Å²) in [5, 5.41) is 0. The minimum Gasteiger partial charge on any atom is -0.338 e. The summed E-state index contributed by atoms with van der Waals surface area (Å²) in [6.45, 7) is 13.2. The van der Waals surface area contributed by atoms with Gasteiger partial charge in [0.05, 0.1) is 17.7 Å². The van der Waals surface area contributed by atoms with Crippen molar-refractivity contribution in [1.29, 1.82) is 0 Å². The monoisotopic (exact) mass is 333 g/mol. The van der Waals surface area contributed by atoms with Gasteiger partial charge in [-0.25, -0.2) is 4.98 Å². The quantitative estimate of drug-likeness (QED) is 0.842. The second-order valence-electron chi connectivity index (χ2n) is 7.69. The van der Waals surface area contributed by atoms with E-state index in [0.717, 1.165) is 50.5 Å². The van der Waals surface area contributed by atoms with Gasteiger partial charge in [0.2, 0.25) is 5.91 Å². The molecule has 0 N–H and O–H groups in total. The van der Waals surface area contributed by atoms with Gasteiger partial charge in [0, 0.05) is 51.2 Å². The van der Waals surface area contributed by atoms with Crippen LogP contribution >= 0.6 is 0 Å². The predicted octanol–water partition coefficient (Wildman–Crippen LogP) is 1.55. The van der Waals surface area contributed by atoms with Crippen molar-refractivity contribution in [3.05, 3.63) is 17.7 Å². The second kappa shape index (κ2) is 6.84. The van der Waals surface area contributed by atoms with Crippen LogP contribution in [0.5, 0.6) is 0 Å². The van der Waals surface area contributed by atoms with Crippen LogP contribution in [0.1, 0.15) is 51.2 Å². The average molecular weight is 333 g/mol. The van der Waals surface area contributed by atoms with E-state index in [4.69, 9.17) is 0 Å². The third-order valence-electron chi connectivity index (χ3n) is 5.38. The first kappa shape index (κ1) is 17.4. The molecule has 1 atom stereocenters. The van der Waals surface area contributed by atoms with E-state index in [2.05, 4.69) is 54.1 Å². The van der Waals surface area contributed by atoms with Gasteiger partial charge in [-0.3, -0.25) is 9.69 Å². The minimum atomic E-state index is -0.193. The second-order valence-corrected chi connectivity index (χ2v) is 7.69. The molecule has 1 amide bonds. The number of nitrogens with zero attached hydrogens (tertiary/aromatic N) is 5. The fourth-order valence-electron chi connectivity index (χ4n) is 3.85. The molecule has 0 saturated carbocycles. The molecule has 0 aliphatic carbocycles. The van der Waals surface area contributed by atoms with Gasteiger partial charge in [0.15, 0.2) is 0 Å². The molecule has 24 heavy (non-hydrogen) atoms. The number of aromatic nitrogens is 2. The standard InChI is InChI=1S/C18H31N5O/c1-13(2)22-7-6-15-16(23(12-19-15)14(3)4)17(22)18(24)21-10-8-20(5)9-11-21/h12-14,17H,6-11H2,1-5H3/t17-/m1/s1. The summed E-state index contributed by atoms with van der Waals surface area (Å²) in [5.74, 6) is 0.250. The Morgan fingerprint density at radius 2 is 1.75 bits per heavy atom. The van der Waals surface area contributed by atoms with Gasteiger partial charge >= 0.3 is 0 Å². The summed E-state index contributed by atoms with van der Waals surface area (Å²) < 4.78 is 2.20. The molecule has 0 aromatic carbocycles. The third-order valence-corrected chi connectivity index (χ3v) is 5.38. The zero-order valence-electron chi connectivity index (χ0n) is 15.7. The van der Waals surface area contributed by atoms with Crippen molar-refractivity contribution in [3.63, 3.8) is 0 Å². The number of fused-ring (bicyclic) bond motifs is 1. The molecule has 2 aliphatic rings. The summed E-state index contributed by atoms with van der Waals surface area (Å²) >= 11 is 0. The van der Waals surface area contributed by atoms with Crippen LogP contribution in [0, 0.1) is 0 Å². The smallest absolute Gasteiger partial charge is 0.246 e. The number of amides is 1. The van der Waals surface area contributed by atoms with Crippen LogP contribution in [0.3, 0.4) is 0 Å². The van der Waals surface area contributed by atoms with Crippen molar-refractivity contribution in [3.8, 4) is 0 Å². The fourth-order valence-corrected chi connectivity index (χ4v) is 3.85. The van der Waals surface area contributed by atoms with E-state index in [1.807, 2.05) is 11.2 Å². The molecule has 6 heteroatoms. The summed E-state index contributed by atoms with van der Waals surface area (Å²) in [4.78, 5) is 24.7. The molecular formula is C18H31N5O. The molecule has 0 radical (unpaired) electrons. The number of rotatable bonds is 3. The van der Waals surface area contributed by atoms with E-state index >= 15 is 0 Å². The molecule has 134 valence electrons. The molecule has 0 spiro atoms. The molecule has 1 aromatic heterocycles. The highest BCUT2D eigenvalue weighted by atomic mass is 16.2. The fraction of sp³-hybridized carbons (Fsp3) is 0.778. The molecule has 0 bridgehead atoms. The van der Waals surface area contributed by atoms with E-state index in [1.165, 1.54) is 0 Å². The zero-order chi connectivity index (χ0) is 17.4. The lowest BCUT2D eigenvalue weighted by molar-refractivity contribution is -0.140. The summed E-state index contributed by atoms with van der Waals surface area (Å²) in [6.07, 6.45) is 2.85. The number of hydrogen-bond donors (Lipinski definition) is 0. The molecule has 2 aliphatic heterocycles. The van der Waals surface area contributed by atoms with Crippen LogP contribution in [-0.2, 0) is 11.2 Å². The number of piperazine rings is 1. The number of likely N-dealkylation sites (N-methyl/N-ethyl adjacent to an activating group) is 1. The van der Waals surface area contributed by atoms with E-state index in [9.17, 15) is 4.79 Å². The van der Waals surface area contributed by atoms with Crippen molar-refractivity contribution in [2.45, 2.75) is 52.2 Å². The SMILES string of the molecule is CC(C)N1CCc2ncn(C(C)C)c2[C@@H]1C(=O)N1CCN(C)CC1. The number of carbonyl (C=O) groups is 1. The van der Waals surface area contributed by atoms with Gasteiger partial charge < -0.3 is 14.4 Å². The maximum Gasteiger partial charge on any atom is 0.246 e. The minimum absolute atomic E-state index is 0.193. The molecule has 1 saturated heterocycles. The topological polar surface area (TPSA) is 44.6 Å². The molecule has 1 aromatic rings. The highest BCUT2D eigenvalue weighted by Crippen LogP contribution is 2.34. The Morgan fingerprint density at radius 3 is 2.33 bits per heavy atom. The highest BCUT2D eigenvalue weighted by molar-refractivity contribution is 5.83. The van der Waals surface area contributed by atoms with Crippen LogP contribution in [0.2, 0.25) is 0 Å². The molecule has 3 heterocycles. The lowest BCUT2D eigenvalue weighted by Gasteiger charge is -2.42. The molecule has 6 nitrogen and oxygen atoms in total. The van der Waals surface area contributed by atoms with Crippen molar-refractivity contribution in [1.82, 2.24) is 24.3 Å². The molecular weight excluding hydrogens is 302 g/mol. The van der Waals surface area contributed by atoms with Gasteiger partial charge in [-0.15, -0.1) is 0 Å². The van der Waals surface area contributed by atoms with Crippen LogP contribution in [0.4, 0.5) is 0 Å². The molecule has 0 unspecified atom stereocenters. The Labute approximate surface area is 145 Å². The Morgan fingerprint density at radius 1 is 1.08 bits per heavy atom. The van der Waals surface area contributed by atoms with Crippen molar-refractivity contribution >= 4 is 5.91 Å². The Hall–Kier alpha value is -1.40. The maximum absolute atomic E-state index is 13.4. The van der Waals surface area contributed by atoms with E-state index in [-0.39, 0.29) is 11.9 Å². The van der Waals surface area contributed by atoms with Crippen LogP contribution in [0.25, 0.3) is 0 Å². The Balaban J connectivity index is 1.96. The zero-order valence-corrected chi connectivity index (χ0v) is 15.7. The Bertz CT molecular complexity index is 586.